The van der Waals surface area contributed by atoms with E-state index in [2.05, 4.69) is 0 Å². The monoisotopic (exact) mass is 759 g/mol. The standard InChI is InChI=1S/C45H50N4O7/c1-5-46(28-29-50)37-20-12-33(13-21-37)41(34-14-22-38(23-15-34)47(6-2)30-43(51)52)10-9-11-42(35-16-24-39(25-17-35)48(7-3)31-44(53)54)36-18-26-40(27-19-36)49(8-4)32-45(55)56/h9-27,29H,5-8,28,30-32H2,1-4H3,(H2-,51,52,53,54,55,56)/p+1. The van der Waals surface area contributed by atoms with Crippen LogP contribution in [0.25, 0.3) is 11.1 Å². The summed E-state index contributed by atoms with van der Waals surface area (Å²) in [4.78, 5) is 51.3. The summed E-state index contributed by atoms with van der Waals surface area (Å²) in [5.74, 6) is -2.72. The highest BCUT2D eigenvalue weighted by Crippen LogP contribution is 2.30. The average Bonchev–Trinajstić information content (AvgIpc) is 3.20. The van der Waals surface area contributed by atoms with Crippen molar-refractivity contribution in [2.75, 3.05) is 67.1 Å². The number of rotatable bonds is 20. The van der Waals surface area contributed by atoms with E-state index in [4.69, 9.17) is 0 Å². The molecule has 0 bridgehead atoms. The van der Waals surface area contributed by atoms with Gasteiger partial charge in [-0.2, -0.15) is 0 Å². The van der Waals surface area contributed by atoms with Crippen LogP contribution >= 0.6 is 0 Å². The van der Waals surface area contributed by atoms with Gasteiger partial charge >= 0.3 is 17.9 Å². The first-order chi connectivity index (χ1) is 27.0. The Morgan fingerprint density at radius 3 is 1.45 bits per heavy atom. The molecule has 3 aromatic carbocycles. The van der Waals surface area contributed by atoms with Crippen molar-refractivity contribution in [1.82, 2.24) is 0 Å². The van der Waals surface area contributed by atoms with Crippen molar-refractivity contribution in [2.45, 2.75) is 27.7 Å². The van der Waals surface area contributed by atoms with Gasteiger partial charge in [0.15, 0.2) is 5.71 Å². The van der Waals surface area contributed by atoms with E-state index in [0.29, 0.717) is 32.7 Å². The largest absolute Gasteiger partial charge is 0.480 e. The minimum Gasteiger partial charge on any atom is -0.480 e. The Balaban J connectivity index is 1.84. The van der Waals surface area contributed by atoms with Crippen molar-refractivity contribution >= 4 is 58.1 Å². The van der Waals surface area contributed by atoms with Gasteiger partial charge in [0.05, 0.1) is 6.54 Å². The maximum Gasteiger partial charge on any atom is 0.369 e. The lowest BCUT2D eigenvalue weighted by Gasteiger charge is -2.22. The summed E-state index contributed by atoms with van der Waals surface area (Å²) in [5, 5.41) is 28.3. The van der Waals surface area contributed by atoms with Crippen LogP contribution in [0.2, 0.25) is 0 Å². The predicted octanol–water partition coefficient (Wildman–Crippen LogP) is 6.66. The molecule has 0 spiro atoms. The molecule has 0 atom stereocenters. The Morgan fingerprint density at radius 1 is 0.607 bits per heavy atom. The Kier molecular flexibility index (Phi) is 15.7. The van der Waals surface area contributed by atoms with Crippen LogP contribution in [0.15, 0.2) is 121 Å². The number of benzene rings is 3. The molecule has 56 heavy (non-hydrogen) atoms. The van der Waals surface area contributed by atoms with E-state index in [9.17, 15) is 34.5 Å². The van der Waals surface area contributed by atoms with E-state index < -0.39 is 17.9 Å². The van der Waals surface area contributed by atoms with Gasteiger partial charge in [-0.25, -0.2) is 9.37 Å². The van der Waals surface area contributed by atoms with Crippen LogP contribution in [0.1, 0.15) is 44.4 Å². The van der Waals surface area contributed by atoms with Crippen LogP contribution in [0, 0.1) is 0 Å². The fourth-order valence-corrected chi connectivity index (χ4v) is 6.52. The van der Waals surface area contributed by atoms with E-state index in [-0.39, 0.29) is 19.6 Å². The van der Waals surface area contributed by atoms with Crippen LogP contribution in [0.4, 0.5) is 17.1 Å². The van der Waals surface area contributed by atoms with Gasteiger partial charge in [-0.05, 0) is 110 Å². The first-order valence-electron chi connectivity index (χ1n) is 18.8. The number of nitrogens with zero attached hydrogens (tertiary/aromatic N) is 4. The number of allylic oxidation sites excluding steroid dienone is 9. The van der Waals surface area contributed by atoms with E-state index in [1.807, 2.05) is 148 Å². The van der Waals surface area contributed by atoms with Crippen LogP contribution in [0.5, 0.6) is 0 Å². The van der Waals surface area contributed by atoms with Gasteiger partial charge in [0.25, 0.3) is 0 Å². The lowest BCUT2D eigenvalue weighted by Crippen LogP contribution is -2.29. The minimum absolute atomic E-state index is 0.107. The molecule has 0 unspecified atom stereocenters. The average molecular weight is 760 g/mol. The third kappa shape index (κ3) is 11.5. The molecule has 0 radical (unpaired) electrons. The molecular formula is C45H51N4O7+. The quantitative estimate of drug-likeness (QED) is 0.0651. The Hall–Kier alpha value is -6.49. The number of hydrogen-bond donors (Lipinski definition) is 3. The van der Waals surface area contributed by atoms with Crippen LogP contribution in [0.3, 0.4) is 0 Å². The van der Waals surface area contributed by atoms with Crippen LogP contribution < -0.4 is 14.7 Å². The van der Waals surface area contributed by atoms with Gasteiger partial charge in [-0.3, -0.25) is 9.59 Å². The maximum absolute atomic E-state index is 11.5. The molecule has 0 saturated heterocycles. The molecule has 0 heterocycles. The molecule has 0 aliphatic heterocycles. The number of carboxylic acid groups (broad SMARTS) is 3. The third-order valence-corrected chi connectivity index (χ3v) is 9.50. The van der Waals surface area contributed by atoms with Crippen molar-refractivity contribution in [3.63, 3.8) is 0 Å². The van der Waals surface area contributed by atoms with Gasteiger partial charge < -0.3 is 34.8 Å². The topological polar surface area (TPSA) is 142 Å². The molecule has 4 rings (SSSR count). The number of carbonyl (C=O) groups excluding carboxylic acids is 1. The third-order valence-electron chi connectivity index (χ3n) is 9.50. The number of likely N-dealkylation sites (N-methyl/N-ethyl adjacent to an activating group) is 4. The van der Waals surface area contributed by atoms with Gasteiger partial charge in [-0.1, -0.05) is 54.6 Å². The molecule has 3 aromatic rings. The van der Waals surface area contributed by atoms with Crippen molar-refractivity contribution in [3.8, 4) is 0 Å². The number of carbonyl (C=O) groups is 4. The highest BCUT2D eigenvalue weighted by atomic mass is 16.4. The first kappa shape index (κ1) is 42.3. The molecule has 0 fully saturated rings. The second kappa shape index (κ2) is 20.8. The maximum atomic E-state index is 11.5. The number of carboxylic acids is 3. The lowest BCUT2D eigenvalue weighted by molar-refractivity contribution is -0.513. The zero-order valence-electron chi connectivity index (χ0n) is 32.5. The zero-order valence-corrected chi connectivity index (χ0v) is 32.5. The summed E-state index contributed by atoms with van der Waals surface area (Å²) in [7, 11) is 0. The minimum atomic E-state index is -0.909. The normalized spacial score (nSPS) is 12.5. The lowest BCUT2D eigenvalue weighted by atomic mass is 9.94. The molecule has 11 nitrogen and oxygen atoms in total. The van der Waals surface area contributed by atoms with Gasteiger partial charge in [-0.15, -0.1) is 0 Å². The second-order valence-corrected chi connectivity index (χ2v) is 13.0. The van der Waals surface area contributed by atoms with Crippen molar-refractivity contribution in [2.24, 2.45) is 0 Å². The van der Waals surface area contributed by atoms with E-state index >= 15 is 0 Å². The van der Waals surface area contributed by atoms with Crippen molar-refractivity contribution < 1.29 is 39.1 Å². The summed E-state index contributed by atoms with van der Waals surface area (Å²) < 4.78 is 1.78. The molecule has 1 aliphatic carbocycles. The highest BCUT2D eigenvalue weighted by Gasteiger charge is 2.17. The molecule has 11 heteroatoms. The highest BCUT2D eigenvalue weighted by molar-refractivity contribution is 6.04. The Labute approximate surface area is 328 Å². The number of aliphatic carboxylic acids is 3. The van der Waals surface area contributed by atoms with Gasteiger partial charge in [0.1, 0.15) is 25.9 Å². The molecule has 292 valence electrons. The zero-order chi connectivity index (χ0) is 40.6. The van der Waals surface area contributed by atoms with E-state index in [1.54, 1.807) is 14.4 Å². The molecule has 0 amide bonds. The molecule has 1 aliphatic rings. The SMILES string of the molecule is CCN(CC=O)c1ccc(C(=CC=CC(=C2C=CC(=[N+](CC)CC(=O)O)C=C2)c2ccc(N(CC)CC(=O)O)cc2)c2ccc(N(CC)CC(=O)O)cc2)cc1. The molecule has 3 N–H and O–H groups in total. The molecule has 0 aromatic heterocycles. The number of aldehydes is 1. The molecular weight excluding hydrogens is 709 g/mol. The van der Waals surface area contributed by atoms with Crippen LogP contribution in [-0.2, 0) is 19.2 Å². The fraction of sp³-hybridized carbons (Fsp3) is 0.267. The summed E-state index contributed by atoms with van der Waals surface area (Å²) in [6.45, 7) is 9.99. The smallest absolute Gasteiger partial charge is 0.369 e. The Bertz CT molecular complexity index is 2020. The number of anilines is 3. The fourth-order valence-electron chi connectivity index (χ4n) is 6.52. The van der Waals surface area contributed by atoms with Crippen molar-refractivity contribution in [3.05, 3.63) is 138 Å². The summed E-state index contributed by atoms with van der Waals surface area (Å²) in [6, 6.07) is 23.6. The second-order valence-electron chi connectivity index (χ2n) is 13.0. The van der Waals surface area contributed by atoms with Crippen molar-refractivity contribution in [1.29, 1.82) is 0 Å². The van der Waals surface area contributed by atoms with Crippen LogP contribution in [-0.4, -0.2) is 102 Å². The van der Waals surface area contributed by atoms with Gasteiger partial charge in [0.2, 0.25) is 6.54 Å². The van der Waals surface area contributed by atoms with E-state index in [1.165, 1.54) is 0 Å². The Morgan fingerprint density at radius 2 is 1.05 bits per heavy atom. The summed E-state index contributed by atoms with van der Waals surface area (Å²) in [6.07, 6.45) is 14.7. The summed E-state index contributed by atoms with van der Waals surface area (Å²) >= 11 is 0. The number of hydrogen-bond acceptors (Lipinski definition) is 7. The van der Waals surface area contributed by atoms with Gasteiger partial charge in [0, 0.05) is 48.8 Å². The first-order valence-corrected chi connectivity index (χ1v) is 18.8. The molecule has 0 saturated carbocycles. The summed E-state index contributed by atoms with van der Waals surface area (Å²) in [5.41, 5.74) is 8.79. The van der Waals surface area contributed by atoms with E-state index in [0.717, 1.165) is 62.5 Å². The predicted molar refractivity (Wildman–Crippen MR) is 224 cm³/mol.